The van der Waals surface area contributed by atoms with Crippen LogP contribution in [-0.4, -0.2) is 62.6 Å². The maximum absolute atomic E-state index is 13.9. The molecule has 9 nitrogen and oxygen atoms in total. The number of hydrogen-bond acceptors (Lipinski definition) is 6. The smallest absolute Gasteiger partial charge is 0.227 e. The Balaban J connectivity index is 1.19. The molecule has 0 saturated carbocycles. The molecule has 0 radical (unpaired) electrons. The predicted molar refractivity (Wildman–Crippen MR) is 157 cm³/mol. The monoisotopic (exact) mass is 548 g/mol. The van der Waals surface area contributed by atoms with Crippen LogP contribution in [0, 0.1) is 11.7 Å². The van der Waals surface area contributed by atoms with E-state index in [1.165, 1.54) is 12.1 Å². The number of pyridine rings is 1. The van der Waals surface area contributed by atoms with Crippen molar-refractivity contribution >= 4 is 33.4 Å². The number of amides is 1. The molecule has 206 valence electrons. The molecule has 5 aromatic rings. The number of dihydropyridines is 1. The van der Waals surface area contributed by atoms with Crippen molar-refractivity contribution in [3.05, 3.63) is 84.2 Å². The number of imidazole rings is 1. The average Bonchev–Trinajstić information content (AvgIpc) is 3.61. The fourth-order valence-electron chi connectivity index (χ4n) is 5.62. The summed E-state index contributed by atoms with van der Waals surface area (Å²) in [6, 6.07) is 12.5. The first-order chi connectivity index (χ1) is 20.0. The third-order valence-electron chi connectivity index (χ3n) is 7.90. The molecule has 7 rings (SSSR count). The fourth-order valence-corrected chi connectivity index (χ4v) is 5.62. The molecule has 4 N–H and O–H groups in total. The Bertz CT molecular complexity index is 1840. The zero-order chi connectivity index (χ0) is 27.9. The summed E-state index contributed by atoms with van der Waals surface area (Å²) in [7, 11) is 2.09. The Morgan fingerprint density at radius 2 is 1.95 bits per heavy atom. The molecule has 2 aliphatic heterocycles. The molecule has 1 amide bonds. The topological polar surface area (TPSA) is 115 Å². The highest BCUT2D eigenvalue weighted by Crippen LogP contribution is 2.32. The van der Waals surface area contributed by atoms with Gasteiger partial charge < -0.3 is 20.5 Å². The zero-order valence-electron chi connectivity index (χ0n) is 22.5. The van der Waals surface area contributed by atoms with Crippen LogP contribution in [-0.2, 0) is 4.79 Å². The lowest BCUT2D eigenvalue weighted by atomic mass is 9.96. The summed E-state index contributed by atoms with van der Waals surface area (Å²) >= 11 is 0. The van der Waals surface area contributed by atoms with Gasteiger partial charge in [0.2, 0.25) is 5.91 Å². The number of carbonyl (C=O) groups is 1. The number of fused-ring (bicyclic) bond motifs is 2. The minimum atomic E-state index is -0.314. The van der Waals surface area contributed by atoms with E-state index in [9.17, 15) is 9.18 Å². The van der Waals surface area contributed by atoms with Crippen LogP contribution < -0.4 is 10.6 Å². The van der Waals surface area contributed by atoms with Gasteiger partial charge in [-0.2, -0.15) is 5.10 Å². The highest BCUT2D eigenvalue weighted by molar-refractivity contribution is 5.98. The first-order valence-corrected chi connectivity index (χ1v) is 13.7. The van der Waals surface area contributed by atoms with E-state index >= 15 is 0 Å². The lowest BCUT2D eigenvalue weighted by Crippen LogP contribution is -2.40. The molecule has 41 heavy (non-hydrogen) atoms. The van der Waals surface area contributed by atoms with Crippen LogP contribution in [0.1, 0.15) is 18.4 Å². The number of allylic oxidation sites excluding steroid dienone is 2. The normalized spacial score (nSPS) is 16.4. The summed E-state index contributed by atoms with van der Waals surface area (Å²) in [5, 5.41) is 15.0. The number of hydrogen-bond donors (Lipinski definition) is 4. The Morgan fingerprint density at radius 3 is 2.80 bits per heavy atom. The minimum absolute atomic E-state index is 0.0479. The van der Waals surface area contributed by atoms with Crippen molar-refractivity contribution < 1.29 is 9.18 Å². The van der Waals surface area contributed by atoms with E-state index in [2.05, 4.69) is 48.8 Å². The maximum atomic E-state index is 13.9. The molecule has 0 spiro atoms. The van der Waals surface area contributed by atoms with Gasteiger partial charge in [-0.15, -0.1) is 0 Å². The molecule has 2 aromatic carbocycles. The number of benzene rings is 2. The van der Waals surface area contributed by atoms with Gasteiger partial charge in [-0.3, -0.25) is 14.9 Å². The number of piperidine rings is 1. The van der Waals surface area contributed by atoms with Crippen molar-refractivity contribution in [2.24, 2.45) is 5.92 Å². The average molecular weight is 549 g/mol. The number of likely N-dealkylation sites (tertiary alicyclic amines) is 1. The number of rotatable bonds is 5. The van der Waals surface area contributed by atoms with Gasteiger partial charge in [0.1, 0.15) is 11.5 Å². The largest absolute Gasteiger partial charge is 0.385 e. The van der Waals surface area contributed by atoms with Gasteiger partial charge in [0.15, 0.2) is 5.82 Å². The molecule has 0 unspecified atom stereocenters. The van der Waals surface area contributed by atoms with Gasteiger partial charge in [-0.25, -0.2) is 9.37 Å². The standard InChI is InChI=1S/C31H29FN8O/c1-40-9-7-18(8-10-40)31(41)35-23-12-21(14-33-15-23)19-5-6-26-24(13-19)29(39-38-26)30-36-27-17-34-16-25(28(27)37-30)20-3-2-4-22(32)11-20/h2-6,11-14,16-18,33H,7-10,15H2,1H3,(H,35,41)(H,36,37)(H,38,39). The second kappa shape index (κ2) is 10.3. The number of nitrogens with one attached hydrogen (secondary N) is 4. The molecule has 0 atom stereocenters. The van der Waals surface area contributed by atoms with Crippen molar-refractivity contribution in [3.63, 3.8) is 0 Å². The van der Waals surface area contributed by atoms with Crippen molar-refractivity contribution in [2.75, 3.05) is 26.7 Å². The third-order valence-corrected chi connectivity index (χ3v) is 7.90. The van der Waals surface area contributed by atoms with E-state index in [1.807, 2.05) is 30.5 Å². The third kappa shape index (κ3) is 4.87. The molecule has 3 aromatic heterocycles. The molecule has 5 heterocycles. The molecular weight excluding hydrogens is 519 g/mol. The van der Waals surface area contributed by atoms with E-state index in [1.54, 1.807) is 18.5 Å². The molecular formula is C31H29FN8O. The first kappa shape index (κ1) is 25.2. The van der Waals surface area contributed by atoms with Crippen molar-refractivity contribution in [3.8, 4) is 22.6 Å². The molecule has 0 aliphatic carbocycles. The molecule has 0 bridgehead atoms. The highest BCUT2D eigenvalue weighted by atomic mass is 19.1. The van der Waals surface area contributed by atoms with Crippen LogP contribution in [0.2, 0.25) is 0 Å². The number of aromatic amines is 2. The number of halogens is 1. The van der Waals surface area contributed by atoms with Gasteiger partial charge in [0.05, 0.1) is 29.3 Å². The van der Waals surface area contributed by atoms with Gasteiger partial charge in [-0.05, 0) is 80.0 Å². The second-order valence-corrected chi connectivity index (χ2v) is 10.7. The molecule has 1 saturated heterocycles. The minimum Gasteiger partial charge on any atom is -0.385 e. The Morgan fingerprint density at radius 1 is 1.07 bits per heavy atom. The Kier molecular flexibility index (Phi) is 6.31. The second-order valence-electron chi connectivity index (χ2n) is 10.7. The summed E-state index contributed by atoms with van der Waals surface area (Å²) in [4.78, 5) is 27.7. The van der Waals surface area contributed by atoms with E-state index in [0.29, 0.717) is 29.1 Å². The van der Waals surface area contributed by atoms with E-state index < -0.39 is 0 Å². The number of carbonyl (C=O) groups excluding carboxylic acids is 1. The summed E-state index contributed by atoms with van der Waals surface area (Å²) in [6.45, 7) is 2.46. The van der Waals surface area contributed by atoms with Gasteiger partial charge >= 0.3 is 0 Å². The lowest BCUT2D eigenvalue weighted by Gasteiger charge is -2.28. The van der Waals surface area contributed by atoms with E-state index in [4.69, 9.17) is 4.98 Å². The van der Waals surface area contributed by atoms with Gasteiger partial charge in [0, 0.05) is 35.0 Å². The number of aromatic nitrogens is 5. The van der Waals surface area contributed by atoms with Crippen LogP contribution in [0.3, 0.4) is 0 Å². The Hall–Kier alpha value is -4.83. The quantitative estimate of drug-likeness (QED) is 0.255. The number of H-pyrrole nitrogens is 2. The van der Waals surface area contributed by atoms with E-state index in [-0.39, 0.29) is 17.6 Å². The summed E-state index contributed by atoms with van der Waals surface area (Å²) in [5.41, 5.74) is 7.22. The van der Waals surface area contributed by atoms with Gasteiger partial charge in [0.25, 0.3) is 0 Å². The van der Waals surface area contributed by atoms with Crippen molar-refractivity contribution in [1.29, 1.82) is 0 Å². The fraction of sp³-hybridized carbons (Fsp3) is 0.226. The van der Waals surface area contributed by atoms with E-state index in [0.717, 1.165) is 64.7 Å². The predicted octanol–water partition coefficient (Wildman–Crippen LogP) is 4.59. The van der Waals surface area contributed by atoms with Crippen LogP contribution in [0.5, 0.6) is 0 Å². The maximum Gasteiger partial charge on any atom is 0.227 e. The van der Waals surface area contributed by atoms with Crippen LogP contribution in [0.25, 0.3) is 50.2 Å². The zero-order valence-corrected chi connectivity index (χ0v) is 22.5. The summed E-state index contributed by atoms with van der Waals surface area (Å²) in [5.74, 6) is 0.418. The molecule has 10 heteroatoms. The molecule has 2 aliphatic rings. The lowest BCUT2D eigenvalue weighted by molar-refractivity contribution is -0.125. The van der Waals surface area contributed by atoms with Crippen LogP contribution >= 0.6 is 0 Å². The van der Waals surface area contributed by atoms with Crippen LogP contribution in [0.15, 0.2) is 72.8 Å². The SMILES string of the molecule is CN1CCC(C(=O)NC2=CC(c3ccc4[nH]nc(-c5nc6c(-c7cccc(F)c7)cncc6[nH]5)c4c3)=CNC2)CC1. The summed E-state index contributed by atoms with van der Waals surface area (Å²) < 4.78 is 13.9. The highest BCUT2D eigenvalue weighted by Gasteiger charge is 2.24. The molecule has 1 fully saturated rings. The van der Waals surface area contributed by atoms with Crippen molar-refractivity contribution in [1.82, 2.24) is 40.7 Å². The summed E-state index contributed by atoms with van der Waals surface area (Å²) in [6.07, 6.45) is 9.16. The van der Waals surface area contributed by atoms with Gasteiger partial charge in [-0.1, -0.05) is 18.2 Å². The first-order valence-electron chi connectivity index (χ1n) is 13.7. The Labute approximate surface area is 235 Å². The van der Waals surface area contributed by atoms with Crippen LogP contribution in [0.4, 0.5) is 4.39 Å². The number of nitrogens with zero attached hydrogens (tertiary/aromatic N) is 4. The van der Waals surface area contributed by atoms with Crippen molar-refractivity contribution in [2.45, 2.75) is 12.8 Å².